The first kappa shape index (κ1) is 16.0. The normalized spacial score (nSPS) is 13.5. The summed E-state index contributed by atoms with van der Waals surface area (Å²) in [7, 11) is 0. The molecule has 2 aromatic carbocycles. The standard InChI is InChI=1S/C18H17F2NOS/c1-11(2)23-14-5-3-12(4-6-14)18(22)21-8-7-15-16(20)9-13(19)10-17(15)21/h3-6,9-11H,7-8H2,1-2H3. The number of hydrogen-bond acceptors (Lipinski definition) is 2. The molecule has 0 aliphatic carbocycles. The largest absolute Gasteiger partial charge is 0.308 e. The molecule has 1 aliphatic heterocycles. The number of amides is 1. The van der Waals surface area contributed by atoms with Crippen LogP contribution in [0.15, 0.2) is 41.3 Å². The van der Waals surface area contributed by atoms with E-state index in [-0.39, 0.29) is 5.91 Å². The van der Waals surface area contributed by atoms with Crippen molar-refractivity contribution in [2.45, 2.75) is 30.4 Å². The lowest BCUT2D eigenvalue weighted by atomic mass is 10.1. The van der Waals surface area contributed by atoms with E-state index < -0.39 is 11.6 Å². The smallest absolute Gasteiger partial charge is 0.258 e. The van der Waals surface area contributed by atoms with Gasteiger partial charge in [0.15, 0.2) is 0 Å². The van der Waals surface area contributed by atoms with Gasteiger partial charge < -0.3 is 4.90 Å². The van der Waals surface area contributed by atoms with Gasteiger partial charge in [-0.2, -0.15) is 0 Å². The van der Waals surface area contributed by atoms with Crippen LogP contribution in [-0.2, 0) is 6.42 Å². The highest BCUT2D eigenvalue weighted by Crippen LogP contribution is 2.32. The molecular weight excluding hydrogens is 316 g/mol. The first-order valence-corrected chi connectivity index (χ1v) is 8.40. The molecule has 0 atom stereocenters. The average molecular weight is 333 g/mol. The van der Waals surface area contributed by atoms with Crippen LogP contribution < -0.4 is 4.90 Å². The van der Waals surface area contributed by atoms with Gasteiger partial charge in [0, 0.05) is 33.9 Å². The zero-order chi connectivity index (χ0) is 16.6. The number of anilines is 1. The summed E-state index contributed by atoms with van der Waals surface area (Å²) in [6, 6.07) is 9.43. The van der Waals surface area contributed by atoms with Gasteiger partial charge in [-0.1, -0.05) is 13.8 Å². The lowest BCUT2D eigenvalue weighted by Crippen LogP contribution is -2.28. The summed E-state index contributed by atoms with van der Waals surface area (Å²) < 4.78 is 27.2. The van der Waals surface area contributed by atoms with Crippen molar-refractivity contribution in [1.82, 2.24) is 0 Å². The van der Waals surface area contributed by atoms with E-state index in [1.165, 1.54) is 11.0 Å². The molecule has 0 fully saturated rings. The van der Waals surface area contributed by atoms with Crippen molar-refractivity contribution in [2.24, 2.45) is 0 Å². The fourth-order valence-corrected chi connectivity index (χ4v) is 3.57. The Balaban J connectivity index is 1.86. The van der Waals surface area contributed by atoms with Crippen LogP contribution in [0.5, 0.6) is 0 Å². The Hall–Kier alpha value is -1.88. The highest BCUT2D eigenvalue weighted by atomic mass is 32.2. The van der Waals surface area contributed by atoms with Crippen LogP contribution in [0.1, 0.15) is 29.8 Å². The molecule has 2 aromatic rings. The zero-order valence-electron chi connectivity index (χ0n) is 13.0. The minimum absolute atomic E-state index is 0.227. The van der Waals surface area contributed by atoms with Crippen LogP contribution in [0.4, 0.5) is 14.5 Å². The monoisotopic (exact) mass is 333 g/mol. The van der Waals surface area contributed by atoms with Crippen LogP contribution in [0, 0.1) is 11.6 Å². The Morgan fingerprint density at radius 2 is 1.87 bits per heavy atom. The van der Waals surface area contributed by atoms with E-state index in [4.69, 9.17) is 0 Å². The van der Waals surface area contributed by atoms with Gasteiger partial charge in [-0.3, -0.25) is 4.79 Å². The molecule has 0 unspecified atom stereocenters. The Morgan fingerprint density at radius 1 is 1.17 bits per heavy atom. The molecule has 0 saturated carbocycles. The Bertz CT molecular complexity index is 743. The molecule has 120 valence electrons. The van der Waals surface area contributed by atoms with E-state index in [0.717, 1.165) is 11.0 Å². The number of carbonyl (C=O) groups excluding carboxylic acids is 1. The molecule has 0 N–H and O–H groups in total. The van der Waals surface area contributed by atoms with Crippen LogP contribution in [0.2, 0.25) is 0 Å². The molecule has 0 spiro atoms. The molecule has 0 bridgehead atoms. The number of halogens is 2. The van der Waals surface area contributed by atoms with Gasteiger partial charge in [0.05, 0.1) is 5.69 Å². The number of thioether (sulfide) groups is 1. The highest BCUT2D eigenvalue weighted by molar-refractivity contribution is 7.99. The van der Waals surface area contributed by atoms with Gasteiger partial charge in [0.2, 0.25) is 0 Å². The van der Waals surface area contributed by atoms with Crippen molar-refractivity contribution < 1.29 is 13.6 Å². The lowest BCUT2D eigenvalue weighted by Gasteiger charge is -2.18. The van der Waals surface area contributed by atoms with E-state index in [0.29, 0.717) is 35.0 Å². The quantitative estimate of drug-likeness (QED) is 0.761. The fraction of sp³-hybridized carbons (Fsp3) is 0.278. The average Bonchev–Trinajstić information content (AvgIpc) is 2.90. The predicted molar refractivity (Wildman–Crippen MR) is 89.2 cm³/mol. The van der Waals surface area contributed by atoms with Gasteiger partial charge in [0.1, 0.15) is 11.6 Å². The second-order valence-electron chi connectivity index (χ2n) is 5.78. The van der Waals surface area contributed by atoms with Gasteiger partial charge in [-0.25, -0.2) is 8.78 Å². The highest BCUT2D eigenvalue weighted by Gasteiger charge is 2.28. The number of benzene rings is 2. The van der Waals surface area contributed by atoms with Gasteiger partial charge in [-0.05, 0) is 36.8 Å². The Morgan fingerprint density at radius 3 is 2.52 bits per heavy atom. The van der Waals surface area contributed by atoms with Crippen molar-refractivity contribution in [3.63, 3.8) is 0 Å². The molecule has 2 nitrogen and oxygen atoms in total. The van der Waals surface area contributed by atoms with E-state index in [9.17, 15) is 13.6 Å². The zero-order valence-corrected chi connectivity index (χ0v) is 13.8. The first-order chi connectivity index (χ1) is 11.0. The molecular formula is C18H17F2NOS. The summed E-state index contributed by atoms with van der Waals surface area (Å²) >= 11 is 1.72. The Kier molecular flexibility index (Phi) is 4.39. The van der Waals surface area contributed by atoms with Crippen molar-refractivity contribution in [3.8, 4) is 0 Å². The molecule has 23 heavy (non-hydrogen) atoms. The van der Waals surface area contributed by atoms with Gasteiger partial charge in [0.25, 0.3) is 5.91 Å². The molecule has 0 saturated heterocycles. The molecule has 1 amide bonds. The van der Waals surface area contributed by atoms with Gasteiger partial charge >= 0.3 is 0 Å². The predicted octanol–water partition coefficient (Wildman–Crippen LogP) is 4.67. The summed E-state index contributed by atoms with van der Waals surface area (Å²) in [5.74, 6) is -1.47. The lowest BCUT2D eigenvalue weighted by molar-refractivity contribution is 0.0989. The second kappa shape index (κ2) is 6.32. The van der Waals surface area contributed by atoms with E-state index in [1.54, 1.807) is 23.9 Å². The molecule has 1 heterocycles. The van der Waals surface area contributed by atoms with Crippen LogP contribution in [-0.4, -0.2) is 17.7 Å². The maximum absolute atomic E-state index is 13.8. The van der Waals surface area contributed by atoms with Crippen molar-refractivity contribution in [2.75, 3.05) is 11.4 Å². The molecule has 5 heteroatoms. The molecule has 0 radical (unpaired) electrons. The first-order valence-electron chi connectivity index (χ1n) is 7.52. The van der Waals surface area contributed by atoms with Crippen molar-refractivity contribution in [3.05, 3.63) is 59.2 Å². The number of nitrogens with zero attached hydrogens (tertiary/aromatic N) is 1. The SMILES string of the molecule is CC(C)Sc1ccc(C(=O)N2CCc3c(F)cc(F)cc32)cc1. The summed E-state index contributed by atoms with van der Waals surface area (Å²) in [5.41, 5.74) is 1.27. The molecule has 3 rings (SSSR count). The number of hydrogen-bond donors (Lipinski definition) is 0. The number of carbonyl (C=O) groups is 1. The van der Waals surface area contributed by atoms with Gasteiger partial charge in [-0.15, -0.1) is 11.8 Å². The topological polar surface area (TPSA) is 20.3 Å². The molecule has 1 aliphatic rings. The van der Waals surface area contributed by atoms with E-state index in [1.807, 2.05) is 12.1 Å². The van der Waals surface area contributed by atoms with Crippen LogP contribution >= 0.6 is 11.8 Å². The maximum Gasteiger partial charge on any atom is 0.258 e. The second-order valence-corrected chi connectivity index (χ2v) is 7.43. The maximum atomic E-state index is 13.8. The van der Waals surface area contributed by atoms with Crippen LogP contribution in [0.25, 0.3) is 0 Å². The third-order valence-electron chi connectivity index (χ3n) is 3.73. The van der Waals surface area contributed by atoms with E-state index in [2.05, 4.69) is 13.8 Å². The van der Waals surface area contributed by atoms with Crippen molar-refractivity contribution >= 4 is 23.4 Å². The number of rotatable bonds is 3. The summed E-state index contributed by atoms with van der Waals surface area (Å²) in [6.07, 6.45) is 0.411. The fourth-order valence-electron chi connectivity index (χ4n) is 2.74. The minimum Gasteiger partial charge on any atom is -0.308 e. The number of fused-ring (bicyclic) bond motifs is 1. The van der Waals surface area contributed by atoms with E-state index >= 15 is 0 Å². The third kappa shape index (κ3) is 3.24. The Labute approximate surface area is 138 Å². The summed E-state index contributed by atoms with van der Waals surface area (Å²) in [5, 5.41) is 0.466. The summed E-state index contributed by atoms with van der Waals surface area (Å²) in [6.45, 7) is 4.58. The third-order valence-corrected chi connectivity index (χ3v) is 4.75. The molecule has 0 aromatic heterocycles. The summed E-state index contributed by atoms with van der Waals surface area (Å²) in [4.78, 5) is 15.2. The minimum atomic E-state index is -0.662. The van der Waals surface area contributed by atoms with Crippen LogP contribution in [0.3, 0.4) is 0 Å². The van der Waals surface area contributed by atoms with Crippen molar-refractivity contribution in [1.29, 1.82) is 0 Å².